The SMILES string of the molecule is C[N+](C)(N=NC=O)C(=O)c1ccc2n1Cc1ccccc1N(C(=O)c1ccc(C3CCCCC3)cc1)C2. The van der Waals surface area contributed by atoms with Gasteiger partial charge >= 0.3 is 5.91 Å². The molecule has 1 aromatic heterocycles. The molecule has 5 rings (SSSR count). The second-order valence-electron chi connectivity index (χ2n) is 10.3. The van der Waals surface area contributed by atoms with Crippen LogP contribution in [0.5, 0.6) is 0 Å². The highest BCUT2D eigenvalue weighted by atomic mass is 16.2. The fourth-order valence-electron chi connectivity index (χ4n) is 5.49. The largest absolute Gasteiger partial charge is 0.389 e. The number of hydrogen-bond acceptors (Lipinski definition) is 4. The Kier molecular flexibility index (Phi) is 6.84. The smallest absolute Gasteiger partial charge is 0.331 e. The summed E-state index contributed by atoms with van der Waals surface area (Å²) in [4.78, 5) is 39.6. The molecule has 37 heavy (non-hydrogen) atoms. The maximum Gasteiger partial charge on any atom is 0.389 e. The first-order valence-corrected chi connectivity index (χ1v) is 12.8. The fraction of sp³-hybridized carbons (Fsp3) is 0.345. The van der Waals surface area contributed by atoms with Gasteiger partial charge in [0.1, 0.15) is 14.1 Å². The van der Waals surface area contributed by atoms with E-state index < -0.39 is 4.59 Å². The molecule has 1 aliphatic carbocycles. The molecule has 0 unspecified atom stereocenters. The molecule has 8 heteroatoms. The second-order valence-corrected chi connectivity index (χ2v) is 10.3. The Balaban J connectivity index is 1.47. The molecule has 0 radical (unpaired) electrons. The predicted octanol–water partition coefficient (Wildman–Crippen LogP) is 5.48. The van der Waals surface area contributed by atoms with Crippen LogP contribution in [0.15, 0.2) is 71.0 Å². The predicted molar refractivity (Wildman–Crippen MR) is 140 cm³/mol. The van der Waals surface area contributed by atoms with Crippen LogP contribution < -0.4 is 4.90 Å². The quantitative estimate of drug-likeness (QED) is 0.202. The van der Waals surface area contributed by atoms with Crippen molar-refractivity contribution in [1.29, 1.82) is 0 Å². The van der Waals surface area contributed by atoms with Crippen molar-refractivity contribution in [2.24, 2.45) is 10.3 Å². The number of amides is 3. The lowest BCUT2D eigenvalue weighted by Gasteiger charge is -2.24. The van der Waals surface area contributed by atoms with Gasteiger partial charge in [-0.1, -0.05) is 54.7 Å². The van der Waals surface area contributed by atoms with E-state index in [1.165, 1.54) is 37.7 Å². The molecule has 0 bridgehead atoms. The van der Waals surface area contributed by atoms with Crippen LogP contribution in [0.4, 0.5) is 5.69 Å². The van der Waals surface area contributed by atoms with Crippen LogP contribution in [-0.2, 0) is 17.9 Å². The van der Waals surface area contributed by atoms with Crippen molar-refractivity contribution in [3.05, 3.63) is 88.7 Å². The van der Waals surface area contributed by atoms with E-state index in [4.69, 9.17) is 0 Å². The van der Waals surface area contributed by atoms with Gasteiger partial charge in [0.2, 0.25) is 0 Å². The van der Waals surface area contributed by atoms with Crippen LogP contribution >= 0.6 is 0 Å². The van der Waals surface area contributed by atoms with Gasteiger partial charge in [-0.3, -0.25) is 9.59 Å². The zero-order chi connectivity index (χ0) is 26.0. The number of nitrogens with zero attached hydrogens (tertiary/aromatic N) is 5. The second kappa shape index (κ2) is 10.2. The van der Waals surface area contributed by atoms with Gasteiger partial charge in [0.15, 0.2) is 5.69 Å². The number of rotatable bonds is 5. The molecule has 1 saturated carbocycles. The molecule has 0 N–H and O–H groups in total. The van der Waals surface area contributed by atoms with Gasteiger partial charge in [-0.2, -0.15) is 0 Å². The van der Waals surface area contributed by atoms with E-state index in [-0.39, 0.29) is 11.8 Å². The first-order chi connectivity index (χ1) is 17.9. The van der Waals surface area contributed by atoms with Gasteiger partial charge in [-0.05, 0) is 60.2 Å². The van der Waals surface area contributed by atoms with Gasteiger partial charge < -0.3 is 9.47 Å². The Morgan fingerprint density at radius 2 is 1.65 bits per heavy atom. The highest BCUT2D eigenvalue weighted by Gasteiger charge is 2.35. The molecule has 1 aliphatic heterocycles. The molecule has 0 spiro atoms. The van der Waals surface area contributed by atoms with Crippen molar-refractivity contribution < 1.29 is 19.0 Å². The van der Waals surface area contributed by atoms with E-state index in [0.29, 0.717) is 36.7 Å². The Bertz CT molecular complexity index is 1350. The summed E-state index contributed by atoms with van der Waals surface area (Å²) >= 11 is 0. The van der Waals surface area contributed by atoms with Gasteiger partial charge in [0, 0.05) is 22.2 Å². The molecule has 0 atom stereocenters. The average molecular weight is 499 g/mol. The first kappa shape index (κ1) is 24.8. The normalized spacial score (nSPS) is 16.2. The van der Waals surface area contributed by atoms with Crippen LogP contribution in [0.2, 0.25) is 0 Å². The van der Waals surface area contributed by atoms with Crippen molar-refractivity contribution in [3.63, 3.8) is 0 Å². The number of anilines is 1. The first-order valence-electron chi connectivity index (χ1n) is 12.8. The topological polar surface area (TPSA) is 84.1 Å². The highest BCUT2D eigenvalue weighted by Crippen LogP contribution is 2.34. The molecule has 2 aromatic carbocycles. The number of carbonyl (C=O) groups excluding carboxylic acids is 3. The summed E-state index contributed by atoms with van der Waals surface area (Å²) in [5.41, 5.74) is 5.04. The molecule has 3 aromatic rings. The molecule has 2 aliphatic rings. The highest BCUT2D eigenvalue weighted by molar-refractivity contribution is 6.06. The van der Waals surface area contributed by atoms with Crippen LogP contribution in [-0.4, -0.2) is 41.5 Å². The minimum Gasteiger partial charge on any atom is -0.331 e. The molecule has 3 amide bonds. The van der Waals surface area contributed by atoms with Crippen LogP contribution in [0, 0.1) is 0 Å². The summed E-state index contributed by atoms with van der Waals surface area (Å²) in [6.07, 6.45) is 6.61. The number of quaternary nitrogens is 1. The van der Waals surface area contributed by atoms with Gasteiger partial charge in [-0.25, -0.2) is 4.79 Å². The Morgan fingerprint density at radius 3 is 2.38 bits per heavy atom. The Hall–Kier alpha value is -3.91. The molecular weight excluding hydrogens is 466 g/mol. The van der Waals surface area contributed by atoms with Crippen molar-refractivity contribution in [2.45, 2.75) is 51.1 Å². The number of benzene rings is 2. The summed E-state index contributed by atoms with van der Waals surface area (Å²) in [5.74, 6) is 0.221. The van der Waals surface area contributed by atoms with Gasteiger partial charge in [0.25, 0.3) is 12.3 Å². The van der Waals surface area contributed by atoms with Crippen molar-refractivity contribution in [2.75, 3.05) is 19.0 Å². The lowest BCUT2D eigenvalue weighted by Crippen LogP contribution is -2.41. The molecule has 8 nitrogen and oxygen atoms in total. The van der Waals surface area contributed by atoms with E-state index in [2.05, 4.69) is 22.5 Å². The maximum absolute atomic E-state index is 13.8. The fourth-order valence-corrected chi connectivity index (χ4v) is 5.49. The third-order valence-electron chi connectivity index (χ3n) is 7.52. The molecule has 1 fully saturated rings. The molecule has 0 saturated heterocycles. The van der Waals surface area contributed by atoms with Crippen LogP contribution in [0.1, 0.15) is 75.7 Å². The lowest BCUT2D eigenvalue weighted by atomic mass is 9.84. The summed E-state index contributed by atoms with van der Waals surface area (Å²) in [7, 11) is 3.15. The zero-order valence-corrected chi connectivity index (χ0v) is 21.3. The van der Waals surface area contributed by atoms with Gasteiger partial charge in [-0.15, -0.1) is 4.59 Å². The number of fused-ring (bicyclic) bond motifs is 2. The minimum atomic E-state index is -0.445. The van der Waals surface area contributed by atoms with E-state index in [0.717, 1.165) is 16.9 Å². The number of carbonyl (C=O) groups is 3. The summed E-state index contributed by atoms with van der Waals surface area (Å²) in [6.45, 7) is 0.769. The zero-order valence-electron chi connectivity index (χ0n) is 21.3. The van der Waals surface area contributed by atoms with E-state index in [1.54, 1.807) is 25.1 Å². The maximum atomic E-state index is 13.8. The number of hydrogen-bond donors (Lipinski definition) is 0. The molecule has 190 valence electrons. The molecular formula is C29H32N5O3+. The van der Waals surface area contributed by atoms with Crippen molar-refractivity contribution in [3.8, 4) is 0 Å². The average Bonchev–Trinajstić information content (AvgIpc) is 3.24. The minimum absolute atomic E-state index is 0.0685. The van der Waals surface area contributed by atoms with Crippen LogP contribution in [0.25, 0.3) is 0 Å². The van der Waals surface area contributed by atoms with E-state index in [9.17, 15) is 14.4 Å². The lowest BCUT2D eigenvalue weighted by molar-refractivity contribution is -0.819. The molecule has 2 heterocycles. The number of aromatic nitrogens is 1. The third kappa shape index (κ3) is 4.89. The monoisotopic (exact) mass is 498 g/mol. The van der Waals surface area contributed by atoms with E-state index >= 15 is 0 Å². The summed E-state index contributed by atoms with van der Waals surface area (Å²) in [6, 6.07) is 19.6. The third-order valence-corrected chi connectivity index (χ3v) is 7.52. The van der Waals surface area contributed by atoms with E-state index in [1.807, 2.05) is 47.0 Å². The Labute approximate surface area is 216 Å². The van der Waals surface area contributed by atoms with Crippen molar-refractivity contribution >= 4 is 23.9 Å². The van der Waals surface area contributed by atoms with Crippen molar-refractivity contribution in [1.82, 2.24) is 4.57 Å². The summed E-state index contributed by atoms with van der Waals surface area (Å²) in [5, 5.41) is 7.22. The van der Waals surface area contributed by atoms with Gasteiger partial charge in [0.05, 0.1) is 13.1 Å². The Morgan fingerprint density at radius 1 is 0.919 bits per heavy atom. The van der Waals surface area contributed by atoms with Crippen LogP contribution in [0.3, 0.4) is 0 Å². The number of para-hydroxylation sites is 1. The standard InChI is InChI=1S/C29H32N5O3/c1-34(2,31-30-20-35)29(37)27-17-16-25-19-33(26-11-7-6-10-24(26)18-32(25)27)28(36)23-14-12-22(13-15-23)21-8-4-3-5-9-21/h6-7,10-17,20-21H,3-5,8-9,18-19H2,1-2H3/q+1. The summed E-state index contributed by atoms with van der Waals surface area (Å²) < 4.78 is 1.48.